The van der Waals surface area contributed by atoms with Crippen LogP contribution in [-0.2, 0) is 25.8 Å². The van der Waals surface area contributed by atoms with Crippen LogP contribution in [-0.4, -0.2) is 44.3 Å². The maximum absolute atomic E-state index is 12.6. The fourth-order valence-corrected chi connectivity index (χ4v) is 3.06. The van der Waals surface area contributed by atoms with Crippen LogP contribution in [0.3, 0.4) is 0 Å². The lowest BCUT2D eigenvalue weighted by Gasteiger charge is -2.17. The Morgan fingerprint density at radius 3 is 2.14 bits per heavy atom. The molecule has 28 heavy (non-hydrogen) atoms. The summed E-state index contributed by atoms with van der Waals surface area (Å²) >= 11 is 0. The lowest BCUT2D eigenvalue weighted by atomic mass is 10.1. The zero-order valence-corrected chi connectivity index (χ0v) is 15.4. The van der Waals surface area contributed by atoms with E-state index in [0.29, 0.717) is 5.56 Å². The minimum absolute atomic E-state index is 0.0205. The number of hydrogen-bond acceptors (Lipinski definition) is 6. The van der Waals surface area contributed by atoms with E-state index in [1.165, 1.54) is 12.1 Å². The van der Waals surface area contributed by atoms with E-state index in [0.717, 1.165) is 31.4 Å². The number of nitrogens with one attached hydrogen (secondary N) is 1. The standard InChI is InChI=1S/C18H17F2NO6S/c1-27-17(24)15(10-11-2-6-13(22)7-3-11)21-16(23)12-4-8-14(9-5-12)28(25,26)18(19)20/h2-9,15,18,22H,10H2,1H3,(H,21,23)/t15-/m1/s1. The van der Waals surface area contributed by atoms with Crippen molar-refractivity contribution in [3.05, 3.63) is 59.7 Å². The number of ether oxygens (including phenoxy) is 1. The Labute approximate surface area is 159 Å². The van der Waals surface area contributed by atoms with Gasteiger partial charge in [0.25, 0.3) is 5.91 Å². The van der Waals surface area contributed by atoms with Gasteiger partial charge < -0.3 is 15.2 Å². The Kier molecular flexibility index (Phi) is 6.68. The number of methoxy groups -OCH3 is 1. The molecule has 0 radical (unpaired) electrons. The second-order valence-corrected chi connectivity index (χ2v) is 7.67. The first-order chi connectivity index (χ1) is 13.1. The lowest BCUT2D eigenvalue weighted by molar-refractivity contribution is -0.142. The normalized spacial score (nSPS) is 12.4. The van der Waals surface area contributed by atoms with E-state index in [1.54, 1.807) is 12.1 Å². The average Bonchev–Trinajstić information content (AvgIpc) is 2.68. The highest BCUT2D eigenvalue weighted by Crippen LogP contribution is 2.19. The summed E-state index contributed by atoms with van der Waals surface area (Å²) in [5.41, 5.74) is 0.625. The molecule has 0 aliphatic carbocycles. The number of sulfone groups is 1. The summed E-state index contributed by atoms with van der Waals surface area (Å²) in [5, 5.41) is 11.8. The van der Waals surface area contributed by atoms with Crippen molar-refractivity contribution in [2.24, 2.45) is 0 Å². The third-order valence-corrected chi connectivity index (χ3v) is 5.25. The molecule has 0 fully saturated rings. The second kappa shape index (κ2) is 8.79. The van der Waals surface area contributed by atoms with Gasteiger partial charge in [0.1, 0.15) is 11.8 Å². The molecule has 0 saturated carbocycles. The Morgan fingerprint density at radius 1 is 1.07 bits per heavy atom. The SMILES string of the molecule is COC(=O)[C@@H](Cc1ccc(O)cc1)NC(=O)c1ccc(S(=O)(=O)C(F)F)cc1. The monoisotopic (exact) mass is 413 g/mol. The minimum Gasteiger partial charge on any atom is -0.508 e. The van der Waals surface area contributed by atoms with Crippen LogP contribution in [0.2, 0.25) is 0 Å². The van der Waals surface area contributed by atoms with Gasteiger partial charge in [-0.15, -0.1) is 0 Å². The largest absolute Gasteiger partial charge is 0.508 e. The van der Waals surface area contributed by atoms with Gasteiger partial charge in [-0.25, -0.2) is 13.2 Å². The number of carbonyl (C=O) groups excluding carboxylic acids is 2. The van der Waals surface area contributed by atoms with Gasteiger partial charge in [-0.3, -0.25) is 4.79 Å². The second-order valence-electron chi connectivity index (χ2n) is 5.75. The number of halogens is 2. The Bertz CT molecular complexity index is 943. The fourth-order valence-electron chi connectivity index (χ4n) is 2.34. The number of aromatic hydroxyl groups is 1. The minimum atomic E-state index is -4.76. The number of amides is 1. The molecule has 1 amide bonds. The first-order valence-electron chi connectivity index (χ1n) is 7.94. The number of rotatable bonds is 7. The number of phenols is 1. The first kappa shape index (κ1) is 21.3. The highest BCUT2D eigenvalue weighted by molar-refractivity contribution is 7.91. The van der Waals surface area contributed by atoms with Crippen molar-refractivity contribution in [1.82, 2.24) is 5.32 Å². The molecule has 2 aromatic carbocycles. The molecular weight excluding hydrogens is 396 g/mol. The van der Waals surface area contributed by atoms with E-state index >= 15 is 0 Å². The van der Waals surface area contributed by atoms with Crippen LogP contribution in [0.4, 0.5) is 8.78 Å². The molecule has 0 saturated heterocycles. The topological polar surface area (TPSA) is 110 Å². The lowest BCUT2D eigenvalue weighted by Crippen LogP contribution is -2.43. The van der Waals surface area contributed by atoms with Crippen LogP contribution >= 0.6 is 0 Å². The molecule has 2 aromatic rings. The predicted octanol–water partition coefficient (Wildman–Crippen LogP) is 1.90. The molecule has 0 bridgehead atoms. The number of phenolic OH excluding ortho intramolecular Hbond substituents is 1. The van der Waals surface area contributed by atoms with Gasteiger partial charge >= 0.3 is 11.7 Å². The molecule has 0 spiro atoms. The van der Waals surface area contributed by atoms with Gasteiger partial charge in [-0.1, -0.05) is 12.1 Å². The van der Waals surface area contributed by atoms with Crippen LogP contribution in [0.1, 0.15) is 15.9 Å². The Hall–Kier alpha value is -3.01. The molecule has 0 aromatic heterocycles. The van der Waals surface area contributed by atoms with Crippen LogP contribution < -0.4 is 5.32 Å². The van der Waals surface area contributed by atoms with E-state index in [1.807, 2.05) is 0 Å². The van der Waals surface area contributed by atoms with E-state index in [-0.39, 0.29) is 17.7 Å². The molecule has 2 N–H and O–H groups in total. The van der Waals surface area contributed by atoms with Gasteiger partial charge in [-0.05, 0) is 42.0 Å². The van der Waals surface area contributed by atoms with Crippen LogP contribution in [0.5, 0.6) is 5.75 Å². The highest BCUT2D eigenvalue weighted by Gasteiger charge is 2.27. The quantitative estimate of drug-likeness (QED) is 0.671. The van der Waals surface area contributed by atoms with Crippen LogP contribution in [0.25, 0.3) is 0 Å². The van der Waals surface area contributed by atoms with E-state index in [4.69, 9.17) is 0 Å². The highest BCUT2D eigenvalue weighted by atomic mass is 32.2. The zero-order chi connectivity index (χ0) is 20.9. The van der Waals surface area contributed by atoms with Crippen molar-refractivity contribution in [3.63, 3.8) is 0 Å². The van der Waals surface area contributed by atoms with Crippen molar-refractivity contribution in [3.8, 4) is 5.75 Å². The van der Waals surface area contributed by atoms with Crippen molar-refractivity contribution >= 4 is 21.7 Å². The number of hydrogen-bond donors (Lipinski definition) is 2. The fraction of sp³-hybridized carbons (Fsp3) is 0.222. The molecule has 0 aliphatic heterocycles. The molecule has 7 nitrogen and oxygen atoms in total. The van der Waals surface area contributed by atoms with Gasteiger partial charge in [0, 0.05) is 12.0 Å². The number of esters is 1. The third-order valence-electron chi connectivity index (χ3n) is 3.85. The summed E-state index contributed by atoms with van der Waals surface area (Å²) in [5.74, 6) is -4.95. The summed E-state index contributed by atoms with van der Waals surface area (Å²) in [6, 6.07) is 8.86. The van der Waals surface area contributed by atoms with Crippen molar-refractivity contribution < 1.29 is 36.6 Å². The van der Waals surface area contributed by atoms with Crippen LogP contribution in [0.15, 0.2) is 53.4 Å². The van der Waals surface area contributed by atoms with Crippen molar-refractivity contribution in [1.29, 1.82) is 0 Å². The van der Waals surface area contributed by atoms with Gasteiger partial charge in [0.05, 0.1) is 12.0 Å². The third kappa shape index (κ3) is 5.03. The average molecular weight is 413 g/mol. The number of alkyl halides is 2. The Morgan fingerprint density at radius 2 is 1.64 bits per heavy atom. The maximum atomic E-state index is 12.6. The van der Waals surface area contributed by atoms with Gasteiger partial charge in [-0.2, -0.15) is 8.78 Å². The Balaban J connectivity index is 2.16. The first-order valence-corrected chi connectivity index (χ1v) is 9.48. The van der Waals surface area contributed by atoms with Gasteiger partial charge in [0.2, 0.25) is 9.84 Å². The summed E-state index contributed by atoms with van der Waals surface area (Å²) in [6.45, 7) is 0. The summed E-state index contributed by atoms with van der Waals surface area (Å²) < 4.78 is 52.6. The molecule has 10 heteroatoms. The summed E-state index contributed by atoms with van der Waals surface area (Å²) in [7, 11) is -3.61. The van der Waals surface area contributed by atoms with Crippen molar-refractivity contribution in [2.75, 3.05) is 7.11 Å². The number of benzene rings is 2. The molecule has 2 rings (SSSR count). The van der Waals surface area contributed by atoms with E-state index < -0.39 is 38.4 Å². The summed E-state index contributed by atoms with van der Waals surface area (Å²) in [6.07, 6.45) is 0.0799. The molecular formula is C18H17F2NO6S. The van der Waals surface area contributed by atoms with Crippen LogP contribution in [0, 0.1) is 0 Å². The molecule has 0 unspecified atom stereocenters. The molecule has 0 aliphatic rings. The van der Waals surface area contributed by atoms with E-state index in [9.17, 15) is 31.9 Å². The predicted molar refractivity (Wildman–Crippen MR) is 94.7 cm³/mol. The van der Waals surface area contributed by atoms with E-state index in [2.05, 4.69) is 10.1 Å². The maximum Gasteiger partial charge on any atom is 0.341 e. The van der Waals surface area contributed by atoms with Crippen molar-refractivity contribution in [2.45, 2.75) is 23.1 Å². The smallest absolute Gasteiger partial charge is 0.341 e. The number of carbonyl (C=O) groups is 2. The molecule has 1 atom stereocenters. The molecule has 0 heterocycles. The summed E-state index contributed by atoms with van der Waals surface area (Å²) in [4.78, 5) is 23.7. The molecule has 150 valence electrons. The van der Waals surface area contributed by atoms with Gasteiger partial charge in [0.15, 0.2) is 0 Å². The zero-order valence-electron chi connectivity index (χ0n) is 14.6.